The van der Waals surface area contributed by atoms with Crippen molar-refractivity contribution >= 4 is 27.3 Å². The van der Waals surface area contributed by atoms with Gasteiger partial charge in [-0.1, -0.05) is 20.8 Å². The quantitative estimate of drug-likeness (QED) is 0.809. The zero-order valence-corrected chi connectivity index (χ0v) is 18.1. The molecule has 3 unspecified atom stereocenters. The van der Waals surface area contributed by atoms with Crippen LogP contribution in [-0.4, -0.2) is 37.8 Å². The van der Waals surface area contributed by atoms with Gasteiger partial charge in [-0.05, 0) is 61.0 Å². The summed E-state index contributed by atoms with van der Waals surface area (Å²) in [6.45, 7) is 8.20. The number of hydrogen-bond donors (Lipinski definition) is 1. The molecule has 1 N–H and O–H groups in total. The molecule has 1 aromatic heterocycles. The molecule has 1 aromatic rings. The first-order chi connectivity index (χ1) is 12.6. The van der Waals surface area contributed by atoms with Crippen molar-refractivity contribution in [2.45, 2.75) is 69.5 Å². The van der Waals surface area contributed by atoms with E-state index in [1.807, 2.05) is 0 Å². The van der Waals surface area contributed by atoms with E-state index in [0.29, 0.717) is 23.2 Å². The Morgan fingerprint density at radius 1 is 1.26 bits per heavy atom. The van der Waals surface area contributed by atoms with Gasteiger partial charge in [0.15, 0.2) is 0 Å². The van der Waals surface area contributed by atoms with Gasteiger partial charge in [-0.3, -0.25) is 4.79 Å². The normalized spacial score (nSPS) is 32.9. The largest absolute Gasteiger partial charge is 0.352 e. The van der Waals surface area contributed by atoms with E-state index in [-0.39, 0.29) is 29.2 Å². The van der Waals surface area contributed by atoms with E-state index in [9.17, 15) is 13.2 Å². The molecular weight excluding hydrogens is 380 g/mol. The molecule has 0 aromatic carbocycles. The molecule has 2 aliphatic carbocycles. The lowest BCUT2D eigenvalue weighted by Crippen LogP contribution is -2.47. The van der Waals surface area contributed by atoms with Crippen molar-refractivity contribution in [2.24, 2.45) is 16.7 Å². The van der Waals surface area contributed by atoms with Crippen molar-refractivity contribution in [3.05, 3.63) is 17.0 Å². The number of carbonyl (C=O) groups excluding carboxylic acids is 1. The molecule has 1 saturated heterocycles. The molecule has 0 radical (unpaired) electrons. The van der Waals surface area contributed by atoms with Crippen LogP contribution in [0, 0.1) is 16.7 Å². The van der Waals surface area contributed by atoms with E-state index >= 15 is 0 Å². The van der Waals surface area contributed by atoms with Crippen molar-refractivity contribution in [1.82, 2.24) is 9.62 Å². The van der Waals surface area contributed by atoms with Crippen LogP contribution in [0.2, 0.25) is 0 Å². The molecule has 1 aliphatic heterocycles. The predicted molar refractivity (Wildman–Crippen MR) is 107 cm³/mol. The molecular formula is C20H30N2O3S2. The molecule has 3 fully saturated rings. The van der Waals surface area contributed by atoms with Crippen LogP contribution in [0.1, 0.15) is 57.8 Å². The van der Waals surface area contributed by atoms with Crippen molar-refractivity contribution < 1.29 is 13.2 Å². The van der Waals surface area contributed by atoms with Crippen molar-refractivity contribution in [3.63, 3.8) is 0 Å². The van der Waals surface area contributed by atoms with Gasteiger partial charge in [0.05, 0.1) is 6.42 Å². The molecule has 3 aliphatic rings. The topological polar surface area (TPSA) is 66.5 Å². The van der Waals surface area contributed by atoms with Crippen molar-refractivity contribution in [1.29, 1.82) is 0 Å². The first-order valence-corrected chi connectivity index (χ1v) is 12.3. The standard InChI is InChI=1S/C20H30N2O3S2/c1-19(2)14-8-9-20(19,3)16(12-14)21-17(23)13-15-6-7-18(26-15)27(24,25)22-10-4-5-11-22/h6-7,14,16H,4-5,8-13H2,1-3H3,(H,21,23). The third-order valence-electron chi connectivity index (χ3n) is 7.76. The summed E-state index contributed by atoms with van der Waals surface area (Å²) in [6.07, 6.45) is 5.62. The van der Waals surface area contributed by atoms with Crippen LogP contribution in [0.25, 0.3) is 0 Å². The fourth-order valence-corrected chi connectivity index (χ4v) is 8.50. The van der Waals surface area contributed by atoms with Crippen LogP contribution < -0.4 is 5.32 Å². The number of hydrogen-bond acceptors (Lipinski definition) is 4. The molecule has 5 nitrogen and oxygen atoms in total. The van der Waals surface area contributed by atoms with Gasteiger partial charge in [-0.25, -0.2) is 8.42 Å². The Balaban J connectivity index is 1.41. The Morgan fingerprint density at radius 3 is 2.56 bits per heavy atom. The van der Waals surface area contributed by atoms with E-state index in [0.717, 1.165) is 24.1 Å². The molecule has 2 heterocycles. The van der Waals surface area contributed by atoms with Crippen LogP contribution in [-0.2, 0) is 21.2 Å². The Labute approximate surface area is 166 Å². The second-order valence-electron chi connectivity index (χ2n) is 9.24. The molecule has 1 amide bonds. The maximum Gasteiger partial charge on any atom is 0.252 e. The Kier molecular flexibility index (Phi) is 4.71. The third kappa shape index (κ3) is 3.06. The smallest absolute Gasteiger partial charge is 0.252 e. The number of thiophene rings is 1. The molecule has 0 spiro atoms. The lowest BCUT2D eigenvalue weighted by Gasteiger charge is -2.39. The molecule has 150 valence electrons. The van der Waals surface area contributed by atoms with Gasteiger partial charge in [0.25, 0.3) is 10.0 Å². The Bertz CT molecular complexity index is 839. The maximum absolute atomic E-state index is 12.6. The second kappa shape index (κ2) is 6.56. The zero-order chi connectivity index (χ0) is 19.4. The number of sulfonamides is 1. The minimum atomic E-state index is -3.39. The average Bonchev–Trinajstić information content (AvgIpc) is 3.34. The first kappa shape index (κ1) is 19.4. The summed E-state index contributed by atoms with van der Waals surface area (Å²) in [5.41, 5.74) is 0.428. The summed E-state index contributed by atoms with van der Waals surface area (Å²) in [5.74, 6) is 0.697. The van der Waals surface area contributed by atoms with Gasteiger partial charge in [-0.2, -0.15) is 4.31 Å². The summed E-state index contributed by atoms with van der Waals surface area (Å²) < 4.78 is 27.2. The summed E-state index contributed by atoms with van der Waals surface area (Å²) >= 11 is 1.24. The van der Waals surface area contributed by atoms with E-state index in [2.05, 4.69) is 26.1 Å². The lowest BCUT2D eigenvalue weighted by atomic mass is 9.69. The fraction of sp³-hybridized carbons (Fsp3) is 0.750. The Morgan fingerprint density at radius 2 is 1.96 bits per heavy atom. The van der Waals surface area contributed by atoms with E-state index in [1.165, 1.54) is 24.2 Å². The Hall–Kier alpha value is -0.920. The van der Waals surface area contributed by atoms with Gasteiger partial charge in [0, 0.05) is 24.0 Å². The number of nitrogens with one attached hydrogen (secondary N) is 1. The average molecular weight is 411 g/mol. The van der Waals surface area contributed by atoms with E-state index < -0.39 is 10.0 Å². The fourth-order valence-electron chi connectivity index (χ4n) is 5.47. The highest BCUT2D eigenvalue weighted by Gasteiger charge is 2.61. The van der Waals surface area contributed by atoms with Crippen molar-refractivity contribution in [2.75, 3.05) is 13.1 Å². The minimum Gasteiger partial charge on any atom is -0.352 e. The highest BCUT2D eigenvalue weighted by molar-refractivity contribution is 7.91. The summed E-state index contributed by atoms with van der Waals surface area (Å²) in [5, 5.41) is 3.27. The number of carbonyl (C=O) groups is 1. The number of amides is 1. The van der Waals surface area contributed by atoms with Crippen LogP contribution in [0.15, 0.2) is 16.3 Å². The number of rotatable bonds is 5. The van der Waals surface area contributed by atoms with Gasteiger partial charge < -0.3 is 5.32 Å². The third-order valence-corrected chi connectivity index (χ3v) is 11.2. The van der Waals surface area contributed by atoms with Crippen LogP contribution in [0.3, 0.4) is 0 Å². The molecule has 3 atom stereocenters. The highest BCUT2D eigenvalue weighted by Crippen LogP contribution is 2.65. The van der Waals surface area contributed by atoms with E-state index in [1.54, 1.807) is 16.4 Å². The highest BCUT2D eigenvalue weighted by atomic mass is 32.2. The minimum absolute atomic E-state index is 0.0107. The summed E-state index contributed by atoms with van der Waals surface area (Å²) in [7, 11) is -3.39. The monoisotopic (exact) mass is 410 g/mol. The second-order valence-corrected chi connectivity index (χ2v) is 12.6. The summed E-state index contributed by atoms with van der Waals surface area (Å²) in [4.78, 5) is 13.5. The molecule has 27 heavy (non-hydrogen) atoms. The van der Waals surface area contributed by atoms with Gasteiger partial charge in [0.2, 0.25) is 5.91 Å². The van der Waals surface area contributed by atoms with Crippen LogP contribution in [0.5, 0.6) is 0 Å². The predicted octanol–water partition coefficient (Wildman–Crippen LogP) is 3.41. The van der Waals surface area contributed by atoms with E-state index in [4.69, 9.17) is 0 Å². The number of fused-ring (bicyclic) bond motifs is 2. The zero-order valence-electron chi connectivity index (χ0n) is 16.5. The van der Waals surface area contributed by atoms with Gasteiger partial charge in [-0.15, -0.1) is 11.3 Å². The van der Waals surface area contributed by atoms with Crippen LogP contribution >= 0.6 is 11.3 Å². The van der Waals surface area contributed by atoms with Gasteiger partial charge in [0.1, 0.15) is 4.21 Å². The van der Waals surface area contributed by atoms with Gasteiger partial charge >= 0.3 is 0 Å². The molecule has 2 saturated carbocycles. The maximum atomic E-state index is 12.6. The molecule has 2 bridgehead atoms. The SMILES string of the molecule is CC1(C)C2CCC1(C)C(NC(=O)Cc1ccc(S(=O)(=O)N3CCCC3)s1)C2. The molecule has 7 heteroatoms. The lowest BCUT2D eigenvalue weighted by molar-refractivity contribution is -0.122. The number of nitrogens with zero attached hydrogens (tertiary/aromatic N) is 1. The molecule has 4 rings (SSSR count). The van der Waals surface area contributed by atoms with Crippen LogP contribution in [0.4, 0.5) is 0 Å². The first-order valence-electron chi connectivity index (χ1n) is 10.0. The van der Waals surface area contributed by atoms with Crippen molar-refractivity contribution in [3.8, 4) is 0 Å². The summed E-state index contributed by atoms with van der Waals surface area (Å²) in [6, 6.07) is 3.68.